The van der Waals surface area contributed by atoms with Crippen molar-refractivity contribution in [2.24, 2.45) is 5.92 Å². The summed E-state index contributed by atoms with van der Waals surface area (Å²) < 4.78 is 13.1. The lowest BCUT2D eigenvalue weighted by atomic mass is 9.91. The van der Waals surface area contributed by atoms with E-state index >= 15 is 0 Å². The fourth-order valence-corrected chi connectivity index (χ4v) is 1.42. The number of hydrogen-bond acceptors (Lipinski definition) is 2. The third-order valence-electron chi connectivity index (χ3n) is 1.91. The van der Waals surface area contributed by atoms with E-state index < -0.39 is 36.5 Å². The molecule has 0 aliphatic heterocycles. The molecular formula is C11H12ClFO4. The average Bonchev–Trinajstić information content (AvgIpc) is 2.10. The smallest absolute Gasteiger partial charge is 0.303 e. The van der Waals surface area contributed by atoms with Crippen LogP contribution < -0.4 is 0 Å². The van der Waals surface area contributed by atoms with Crippen LogP contribution in [0.25, 0.3) is 0 Å². The van der Waals surface area contributed by atoms with Gasteiger partial charge in [-0.1, -0.05) is 24.8 Å². The van der Waals surface area contributed by atoms with E-state index in [1.165, 1.54) is 0 Å². The summed E-state index contributed by atoms with van der Waals surface area (Å²) in [6.07, 6.45) is 0.0386. The highest BCUT2D eigenvalue weighted by molar-refractivity contribution is 6.30. The summed E-state index contributed by atoms with van der Waals surface area (Å²) in [5.41, 5.74) is -0.158. The second-order valence-corrected chi connectivity index (χ2v) is 3.83. The highest BCUT2D eigenvalue weighted by Crippen LogP contribution is 2.27. The summed E-state index contributed by atoms with van der Waals surface area (Å²) in [4.78, 5) is 21.2. The molecule has 0 aromatic rings. The first-order chi connectivity index (χ1) is 7.73. The van der Waals surface area contributed by atoms with Crippen molar-refractivity contribution in [1.29, 1.82) is 0 Å². The van der Waals surface area contributed by atoms with Gasteiger partial charge in [0.25, 0.3) is 0 Å². The van der Waals surface area contributed by atoms with Crippen molar-refractivity contribution in [3.63, 3.8) is 0 Å². The molecule has 0 aliphatic rings. The van der Waals surface area contributed by atoms with Crippen LogP contribution in [0.1, 0.15) is 12.8 Å². The summed E-state index contributed by atoms with van der Waals surface area (Å²) in [6, 6.07) is 0. The van der Waals surface area contributed by atoms with Crippen LogP contribution in [0.2, 0.25) is 0 Å². The summed E-state index contributed by atoms with van der Waals surface area (Å²) >= 11 is 5.46. The van der Waals surface area contributed by atoms with E-state index in [1.807, 2.05) is 0 Å². The molecule has 0 aromatic heterocycles. The average molecular weight is 263 g/mol. The number of carboxylic acid groups (broad SMARTS) is 2. The molecule has 0 unspecified atom stereocenters. The van der Waals surface area contributed by atoms with Crippen LogP contribution >= 0.6 is 11.6 Å². The first-order valence-electron chi connectivity index (χ1n) is 4.58. The molecular weight excluding hydrogens is 251 g/mol. The summed E-state index contributed by atoms with van der Waals surface area (Å²) in [7, 11) is 0. The second-order valence-electron chi connectivity index (χ2n) is 3.34. The molecule has 0 bridgehead atoms. The fourth-order valence-electron chi connectivity index (χ4n) is 1.30. The Hall–Kier alpha value is -1.62. The summed E-state index contributed by atoms with van der Waals surface area (Å²) in [5, 5.41) is 17.2. The Bertz CT molecular complexity index is 371. The standard InChI is InChI=1S/C11H12ClFO4/c1-6(12)3-9(7(2)13)8(4-10(14)15)5-11(16)17/h3,8H,1-2,4-5H2,(H,14,15)(H,16,17)/b9-3+. The maximum absolute atomic E-state index is 13.1. The van der Waals surface area contributed by atoms with Crippen molar-refractivity contribution >= 4 is 23.5 Å². The zero-order valence-electron chi connectivity index (χ0n) is 8.95. The predicted molar refractivity (Wildman–Crippen MR) is 61.3 cm³/mol. The van der Waals surface area contributed by atoms with Crippen molar-refractivity contribution in [1.82, 2.24) is 0 Å². The Balaban J connectivity index is 5.20. The largest absolute Gasteiger partial charge is 0.481 e. The lowest BCUT2D eigenvalue weighted by Gasteiger charge is -2.15. The van der Waals surface area contributed by atoms with E-state index in [1.54, 1.807) is 0 Å². The monoisotopic (exact) mass is 262 g/mol. The van der Waals surface area contributed by atoms with Gasteiger partial charge >= 0.3 is 11.9 Å². The molecule has 6 heteroatoms. The molecule has 0 heterocycles. The van der Waals surface area contributed by atoms with Gasteiger partial charge in [0, 0.05) is 11.0 Å². The van der Waals surface area contributed by atoms with Gasteiger partial charge in [0.2, 0.25) is 0 Å². The van der Waals surface area contributed by atoms with Crippen LogP contribution in [0.3, 0.4) is 0 Å². The molecule has 0 atom stereocenters. The minimum atomic E-state index is -1.23. The predicted octanol–water partition coefficient (Wildman–Crippen LogP) is 2.71. The third-order valence-corrected chi connectivity index (χ3v) is 2.02. The van der Waals surface area contributed by atoms with E-state index in [0.29, 0.717) is 0 Å². The van der Waals surface area contributed by atoms with Crippen LogP contribution in [0.5, 0.6) is 0 Å². The molecule has 0 rings (SSSR count). The van der Waals surface area contributed by atoms with Crippen molar-refractivity contribution in [3.8, 4) is 0 Å². The maximum atomic E-state index is 13.1. The number of aliphatic carboxylic acids is 2. The minimum absolute atomic E-state index is 0.0282. The van der Waals surface area contributed by atoms with Crippen LogP contribution in [-0.2, 0) is 9.59 Å². The first-order valence-corrected chi connectivity index (χ1v) is 4.96. The Morgan fingerprint density at radius 1 is 1.24 bits per heavy atom. The Morgan fingerprint density at radius 2 is 1.65 bits per heavy atom. The molecule has 0 spiro atoms. The molecule has 0 aromatic carbocycles. The third kappa shape index (κ3) is 6.52. The number of halogens is 2. The van der Waals surface area contributed by atoms with E-state index in [0.717, 1.165) is 6.08 Å². The van der Waals surface area contributed by atoms with Gasteiger partial charge in [-0.15, -0.1) is 0 Å². The molecule has 17 heavy (non-hydrogen) atoms. The van der Waals surface area contributed by atoms with Gasteiger partial charge in [0.05, 0.1) is 12.8 Å². The second kappa shape index (κ2) is 6.85. The van der Waals surface area contributed by atoms with Gasteiger partial charge in [0.1, 0.15) is 5.83 Å². The van der Waals surface area contributed by atoms with Crippen LogP contribution in [0.15, 0.2) is 35.7 Å². The normalized spacial score (nSPS) is 11.4. The Kier molecular flexibility index (Phi) is 6.20. The number of carbonyl (C=O) groups is 2. The highest BCUT2D eigenvalue weighted by Gasteiger charge is 2.23. The number of allylic oxidation sites excluding steroid dienone is 4. The number of hydrogen-bond donors (Lipinski definition) is 2. The van der Waals surface area contributed by atoms with E-state index in [9.17, 15) is 14.0 Å². The first kappa shape index (κ1) is 15.4. The molecule has 0 amide bonds. The van der Waals surface area contributed by atoms with Gasteiger partial charge in [-0.3, -0.25) is 9.59 Å². The summed E-state index contributed by atoms with van der Waals surface area (Å²) in [6.45, 7) is 6.33. The van der Waals surface area contributed by atoms with E-state index in [2.05, 4.69) is 13.2 Å². The fraction of sp³-hybridized carbons (Fsp3) is 0.273. The lowest BCUT2D eigenvalue weighted by Crippen LogP contribution is -2.15. The Labute approximate surface area is 103 Å². The zero-order valence-corrected chi connectivity index (χ0v) is 9.71. The Morgan fingerprint density at radius 3 is 1.88 bits per heavy atom. The molecule has 94 valence electrons. The topological polar surface area (TPSA) is 74.6 Å². The van der Waals surface area contributed by atoms with Gasteiger partial charge in [-0.2, -0.15) is 0 Å². The van der Waals surface area contributed by atoms with Crippen molar-refractivity contribution < 1.29 is 24.2 Å². The molecule has 0 saturated heterocycles. The van der Waals surface area contributed by atoms with E-state index in [4.69, 9.17) is 21.8 Å². The SMILES string of the molecule is C=C(Cl)/C=C(\C(=C)F)C(CC(=O)O)CC(=O)O. The molecule has 0 fully saturated rings. The van der Waals surface area contributed by atoms with Crippen molar-refractivity contribution in [2.75, 3.05) is 0 Å². The lowest BCUT2D eigenvalue weighted by molar-refractivity contribution is -0.140. The van der Waals surface area contributed by atoms with Gasteiger partial charge in [-0.05, 0) is 11.6 Å². The van der Waals surface area contributed by atoms with Crippen LogP contribution in [-0.4, -0.2) is 22.2 Å². The van der Waals surface area contributed by atoms with Crippen LogP contribution in [0.4, 0.5) is 4.39 Å². The molecule has 0 saturated carbocycles. The zero-order chi connectivity index (χ0) is 13.6. The quantitative estimate of drug-likeness (QED) is 0.692. The maximum Gasteiger partial charge on any atom is 0.303 e. The van der Waals surface area contributed by atoms with E-state index in [-0.39, 0.29) is 10.6 Å². The molecule has 0 radical (unpaired) electrons. The van der Waals surface area contributed by atoms with Crippen LogP contribution in [0, 0.1) is 5.92 Å². The molecule has 0 aliphatic carbocycles. The number of rotatable bonds is 7. The summed E-state index contributed by atoms with van der Waals surface area (Å²) in [5.74, 6) is -4.41. The van der Waals surface area contributed by atoms with Crippen molar-refractivity contribution in [3.05, 3.63) is 35.7 Å². The molecule has 2 N–H and O–H groups in total. The van der Waals surface area contributed by atoms with Gasteiger partial charge in [-0.25, -0.2) is 4.39 Å². The molecule has 4 nitrogen and oxygen atoms in total. The number of carboxylic acids is 2. The van der Waals surface area contributed by atoms with Gasteiger partial charge < -0.3 is 10.2 Å². The highest BCUT2D eigenvalue weighted by atomic mass is 35.5. The van der Waals surface area contributed by atoms with Gasteiger partial charge in [0.15, 0.2) is 0 Å². The van der Waals surface area contributed by atoms with Crippen molar-refractivity contribution in [2.45, 2.75) is 12.8 Å². The minimum Gasteiger partial charge on any atom is -0.481 e.